The number of nitriles is 1. The molecule has 0 atom stereocenters. The minimum Gasteiger partial charge on any atom is -0.331 e. The van der Waals surface area contributed by atoms with Gasteiger partial charge in [-0.05, 0) is 32.0 Å². The summed E-state index contributed by atoms with van der Waals surface area (Å²) in [5.41, 5.74) is 3.57. The van der Waals surface area contributed by atoms with Crippen molar-refractivity contribution in [1.29, 1.82) is 5.26 Å². The molecule has 1 amide bonds. The van der Waals surface area contributed by atoms with E-state index >= 15 is 0 Å². The molecule has 0 aromatic carbocycles. The standard InChI is InChI=1S/C15H15N5O/c1-10-3-4-14(11(2)17-10)15(21)19-5-6-20-13(9-19)7-12(8-16)18-20/h3-4,7H,5-6,9H2,1-2H3. The first-order valence-electron chi connectivity index (χ1n) is 6.79. The van der Waals surface area contributed by atoms with E-state index in [2.05, 4.69) is 10.1 Å². The topological polar surface area (TPSA) is 74.8 Å². The second-order valence-corrected chi connectivity index (χ2v) is 5.17. The normalized spacial score (nSPS) is 13.7. The second kappa shape index (κ2) is 5.02. The van der Waals surface area contributed by atoms with Crippen LogP contribution in [0.15, 0.2) is 18.2 Å². The highest BCUT2D eigenvalue weighted by Crippen LogP contribution is 2.17. The SMILES string of the molecule is Cc1ccc(C(=O)N2CCn3nc(C#N)cc3C2)c(C)n1. The van der Waals surface area contributed by atoms with Gasteiger partial charge in [-0.2, -0.15) is 10.4 Å². The summed E-state index contributed by atoms with van der Waals surface area (Å²) in [4.78, 5) is 18.7. The molecular formula is C15H15N5O. The van der Waals surface area contributed by atoms with E-state index in [-0.39, 0.29) is 5.91 Å². The lowest BCUT2D eigenvalue weighted by Gasteiger charge is -2.28. The molecule has 0 bridgehead atoms. The fraction of sp³-hybridized carbons (Fsp3) is 0.333. The molecule has 0 fully saturated rings. The molecule has 2 aromatic rings. The van der Waals surface area contributed by atoms with Crippen LogP contribution in [0, 0.1) is 25.2 Å². The minimum absolute atomic E-state index is 0.0223. The number of carbonyl (C=O) groups excluding carboxylic acids is 1. The van der Waals surface area contributed by atoms with Crippen molar-refractivity contribution in [2.75, 3.05) is 6.54 Å². The van der Waals surface area contributed by atoms with Crippen LogP contribution < -0.4 is 0 Å². The van der Waals surface area contributed by atoms with Crippen LogP contribution >= 0.6 is 0 Å². The largest absolute Gasteiger partial charge is 0.331 e. The Balaban J connectivity index is 1.85. The molecule has 106 valence electrons. The number of aromatic nitrogens is 3. The van der Waals surface area contributed by atoms with Crippen LogP contribution in [0.1, 0.15) is 33.1 Å². The summed E-state index contributed by atoms with van der Waals surface area (Å²) in [5, 5.41) is 13.1. The zero-order chi connectivity index (χ0) is 15.0. The van der Waals surface area contributed by atoms with E-state index in [9.17, 15) is 4.79 Å². The second-order valence-electron chi connectivity index (χ2n) is 5.17. The maximum absolute atomic E-state index is 12.6. The quantitative estimate of drug-likeness (QED) is 0.792. The summed E-state index contributed by atoms with van der Waals surface area (Å²) in [6.45, 7) is 5.43. The van der Waals surface area contributed by atoms with Crippen molar-refractivity contribution in [2.24, 2.45) is 0 Å². The van der Waals surface area contributed by atoms with Gasteiger partial charge < -0.3 is 4.90 Å². The fourth-order valence-corrected chi connectivity index (χ4v) is 2.58. The van der Waals surface area contributed by atoms with Gasteiger partial charge in [0, 0.05) is 12.2 Å². The van der Waals surface area contributed by atoms with Crippen molar-refractivity contribution in [1.82, 2.24) is 19.7 Å². The van der Waals surface area contributed by atoms with Gasteiger partial charge in [-0.3, -0.25) is 14.5 Å². The number of amides is 1. The van der Waals surface area contributed by atoms with E-state index in [4.69, 9.17) is 5.26 Å². The highest BCUT2D eigenvalue weighted by atomic mass is 16.2. The number of pyridine rings is 1. The Morgan fingerprint density at radius 3 is 2.86 bits per heavy atom. The molecule has 0 spiro atoms. The lowest BCUT2D eigenvalue weighted by molar-refractivity contribution is 0.0705. The molecule has 0 aliphatic carbocycles. The van der Waals surface area contributed by atoms with Crippen LogP contribution in [-0.4, -0.2) is 32.1 Å². The van der Waals surface area contributed by atoms with Crippen LogP contribution in [-0.2, 0) is 13.1 Å². The molecule has 0 unspecified atom stereocenters. The summed E-state index contributed by atoms with van der Waals surface area (Å²) < 4.78 is 1.79. The van der Waals surface area contributed by atoms with Gasteiger partial charge in [-0.25, -0.2) is 0 Å². The number of fused-ring (bicyclic) bond motifs is 1. The third-order valence-electron chi connectivity index (χ3n) is 3.66. The van der Waals surface area contributed by atoms with Crippen LogP contribution in [0.3, 0.4) is 0 Å². The van der Waals surface area contributed by atoms with Crippen molar-refractivity contribution in [3.63, 3.8) is 0 Å². The summed E-state index contributed by atoms with van der Waals surface area (Å²) in [6.07, 6.45) is 0. The van der Waals surface area contributed by atoms with Gasteiger partial charge in [0.2, 0.25) is 0 Å². The van der Waals surface area contributed by atoms with E-state index in [1.54, 1.807) is 15.6 Å². The van der Waals surface area contributed by atoms with Crippen molar-refractivity contribution in [3.8, 4) is 6.07 Å². The summed E-state index contributed by atoms with van der Waals surface area (Å²) in [5.74, 6) is -0.0223. The molecule has 0 saturated carbocycles. The highest BCUT2D eigenvalue weighted by molar-refractivity contribution is 5.95. The first-order chi connectivity index (χ1) is 10.1. The average Bonchev–Trinajstić information content (AvgIpc) is 2.88. The van der Waals surface area contributed by atoms with Gasteiger partial charge in [0.1, 0.15) is 6.07 Å². The number of hydrogen-bond acceptors (Lipinski definition) is 4. The predicted octanol–water partition coefficient (Wildman–Crippen LogP) is 1.42. The zero-order valence-corrected chi connectivity index (χ0v) is 12.0. The lowest BCUT2D eigenvalue weighted by atomic mass is 10.1. The summed E-state index contributed by atoms with van der Waals surface area (Å²) >= 11 is 0. The van der Waals surface area contributed by atoms with Crippen LogP contribution in [0.4, 0.5) is 0 Å². The molecule has 0 saturated heterocycles. The van der Waals surface area contributed by atoms with Gasteiger partial charge in [0.05, 0.1) is 30.0 Å². The molecule has 6 heteroatoms. The van der Waals surface area contributed by atoms with Crippen molar-refractivity contribution >= 4 is 5.91 Å². The van der Waals surface area contributed by atoms with Gasteiger partial charge >= 0.3 is 0 Å². The first-order valence-corrected chi connectivity index (χ1v) is 6.79. The Morgan fingerprint density at radius 1 is 1.33 bits per heavy atom. The van der Waals surface area contributed by atoms with Gasteiger partial charge in [0.25, 0.3) is 5.91 Å². The van der Waals surface area contributed by atoms with Crippen molar-refractivity contribution in [3.05, 3.63) is 46.5 Å². The van der Waals surface area contributed by atoms with E-state index in [1.807, 2.05) is 32.0 Å². The summed E-state index contributed by atoms with van der Waals surface area (Å²) in [7, 11) is 0. The minimum atomic E-state index is -0.0223. The monoisotopic (exact) mass is 281 g/mol. The third kappa shape index (κ3) is 2.38. The van der Waals surface area contributed by atoms with Crippen molar-refractivity contribution in [2.45, 2.75) is 26.9 Å². The molecule has 2 aromatic heterocycles. The Labute approximate surface area is 122 Å². The van der Waals surface area contributed by atoms with E-state index in [0.717, 1.165) is 17.1 Å². The maximum Gasteiger partial charge on any atom is 0.256 e. The smallest absolute Gasteiger partial charge is 0.256 e. The number of nitrogens with zero attached hydrogens (tertiary/aromatic N) is 5. The Kier molecular flexibility index (Phi) is 3.18. The lowest BCUT2D eigenvalue weighted by Crippen LogP contribution is -2.38. The average molecular weight is 281 g/mol. The number of hydrogen-bond donors (Lipinski definition) is 0. The van der Waals surface area contributed by atoms with E-state index in [1.165, 1.54) is 0 Å². The molecule has 3 heterocycles. The zero-order valence-electron chi connectivity index (χ0n) is 12.0. The van der Waals surface area contributed by atoms with E-state index < -0.39 is 0 Å². The number of carbonyl (C=O) groups is 1. The van der Waals surface area contributed by atoms with Gasteiger partial charge in [0.15, 0.2) is 5.69 Å². The molecule has 21 heavy (non-hydrogen) atoms. The maximum atomic E-state index is 12.6. The molecule has 3 rings (SSSR count). The van der Waals surface area contributed by atoms with Crippen LogP contribution in [0.2, 0.25) is 0 Å². The Bertz CT molecular complexity index is 756. The van der Waals surface area contributed by atoms with Gasteiger partial charge in [-0.15, -0.1) is 0 Å². The number of aryl methyl sites for hydroxylation is 2. The Morgan fingerprint density at radius 2 is 2.14 bits per heavy atom. The number of rotatable bonds is 1. The molecule has 1 aliphatic heterocycles. The molecule has 6 nitrogen and oxygen atoms in total. The molecular weight excluding hydrogens is 266 g/mol. The molecule has 1 aliphatic rings. The van der Waals surface area contributed by atoms with Crippen LogP contribution in [0.5, 0.6) is 0 Å². The molecule has 0 N–H and O–H groups in total. The summed E-state index contributed by atoms with van der Waals surface area (Å²) in [6, 6.07) is 7.44. The van der Waals surface area contributed by atoms with E-state index in [0.29, 0.717) is 30.9 Å². The fourth-order valence-electron chi connectivity index (χ4n) is 2.58. The first kappa shape index (κ1) is 13.3. The molecule has 0 radical (unpaired) electrons. The third-order valence-corrected chi connectivity index (χ3v) is 3.66. The van der Waals surface area contributed by atoms with Gasteiger partial charge in [-0.1, -0.05) is 0 Å². The Hall–Kier alpha value is -2.68. The predicted molar refractivity (Wildman–Crippen MR) is 75.4 cm³/mol. The van der Waals surface area contributed by atoms with Crippen molar-refractivity contribution < 1.29 is 4.79 Å². The highest BCUT2D eigenvalue weighted by Gasteiger charge is 2.24. The van der Waals surface area contributed by atoms with Crippen LogP contribution in [0.25, 0.3) is 0 Å².